The molecular formula is C16H30N2O3. The predicted molar refractivity (Wildman–Crippen MR) is 82.2 cm³/mol. The molecule has 1 amide bonds. The summed E-state index contributed by atoms with van der Waals surface area (Å²) in [5.41, 5.74) is 0. The molecule has 2 atom stereocenters. The average molecular weight is 298 g/mol. The van der Waals surface area contributed by atoms with Gasteiger partial charge in [-0.1, -0.05) is 0 Å². The number of hydrogen-bond donors (Lipinski definition) is 0. The smallest absolute Gasteiger partial charge is 0.251 e. The molecule has 0 N–H and O–H groups in total. The highest BCUT2D eigenvalue weighted by molar-refractivity contribution is 5.80. The average Bonchev–Trinajstić information content (AvgIpc) is 3.30. The lowest BCUT2D eigenvalue weighted by Gasteiger charge is -2.40. The molecule has 0 unspecified atom stereocenters. The minimum Gasteiger partial charge on any atom is -0.380 e. The van der Waals surface area contributed by atoms with E-state index in [2.05, 4.69) is 11.8 Å². The van der Waals surface area contributed by atoms with Crippen LogP contribution in [0.5, 0.6) is 0 Å². The van der Waals surface area contributed by atoms with Gasteiger partial charge in [0, 0.05) is 38.8 Å². The Morgan fingerprint density at radius 1 is 1.33 bits per heavy atom. The van der Waals surface area contributed by atoms with E-state index < -0.39 is 0 Å². The first kappa shape index (κ1) is 16.7. The van der Waals surface area contributed by atoms with Gasteiger partial charge in [-0.15, -0.1) is 0 Å². The summed E-state index contributed by atoms with van der Waals surface area (Å²) in [5, 5.41) is 0. The molecule has 0 bridgehead atoms. The van der Waals surface area contributed by atoms with Crippen LogP contribution in [0.1, 0.15) is 33.6 Å². The van der Waals surface area contributed by atoms with Gasteiger partial charge in [0.15, 0.2) is 0 Å². The van der Waals surface area contributed by atoms with Crippen LogP contribution in [0, 0.1) is 5.92 Å². The van der Waals surface area contributed by atoms with Gasteiger partial charge >= 0.3 is 0 Å². The molecule has 2 aliphatic rings. The Kier molecular flexibility index (Phi) is 6.45. The number of carbonyl (C=O) groups excluding carboxylic acids is 1. The first-order valence-corrected chi connectivity index (χ1v) is 8.34. The molecule has 5 heteroatoms. The molecule has 2 rings (SSSR count). The van der Waals surface area contributed by atoms with E-state index in [0.717, 1.165) is 46.0 Å². The van der Waals surface area contributed by atoms with E-state index in [-0.39, 0.29) is 12.0 Å². The van der Waals surface area contributed by atoms with Gasteiger partial charge in [0.1, 0.15) is 6.10 Å². The Hall–Kier alpha value is -0.650. The highest BCUT2D eigenvalue weighted by Gasteiger charge is 2.30. The van der Waals surface area contributed by atoms with Crippen molar-refractivity contribution in [1.82, 2.24) is 9.80 Å². The van der Waals surface area contributed by atoms with Crippen LogP contribution >= 0.6 is 0 Å². The zero-order chi connectivity index (χ0) is 15.2. The van der Waals surface area contributed by atoms with E-state index in [1.807, 2.05) is 18.7 Å². The lowest BCUT2D eigenvalue weighted by Crippen LogP contribution is -2.56. The molecule has 0 radical (unpaired) electrons. The summed E-state index contributed by atoms with van der Waals surface area (Å²) in [4.78, 5) is 16.8. The van der Waals surface area contributed by atoms with Crippen molar-refractivity contribution in [3.63, 3.8) is 0 Å². The van der Waals surface area contributed by atoms with Crippen molar-refractivity contribution >= 4 is 5.91 Å². The van der Waals surface area contributed by atoms with Gasteiger partial charge in [-0.25, -0.2) is 0 Å². The molecule has 5 nitrogen and oxygen atoms in total. The highest BCUT2D eigenvalue weighted by atomic mass is 16.5. The topological polar surface area (TPSA) is 42.0 Å². The van der Waals surface area contributed by atoms with Crippen LogP contribution in [0.15, 0.2) is 0 Å². The number of hydrogen-bond acceptors (Lipinski definition) is 4. The zero-order valence-electron chi connectivity index (χ0n) is 13.7. The van der Waals surface area contributed by atoms with E-state index in [0.29, 0.717) is 12.0 Å². The Morgan fingerprint density at radius 2 is 2.10 bits per heavy atom. The van der Waals surface area contributed by atoms with Crippen molar-refractivity contribution in [1.29, 1.82) is 0 Å². The van der Waals surface area contributed by atoms with E-state index in [1.165, 1.54) is 12.8 Å². The molecule has 1 heterocycles. The van der Waals surface area contributed by atoms with Crippen molar-refractivity contribution in [2.24, 2.45) is 5.92 Å². The van der Waals surface area contributed by atoms with Gasteiger partial charge < -0.3 is 14.4 Å². The number of amides is 1. The number of ether oxygens (including phenoxy) is 2. The van der Waals surface area contributed by atoms with Crippen LogP contribution in [0.2, 0.25) is 0 Å². The van der Waals surface area contributed by atoms with Gasteiger partial charge in [0.25, 0.3) is 5.91 Å². The molecule has 0 aromatic heterocycles. The number of rotatable bonds is 8. The monoisotopic (exact) mass is 298 g/mol. The third kappa shape index (κ3) is 5.24. The van der Waals surface area contributed by atoms with Crippen LogP contribution in [0.3, 0.4) is 0 Å². The molecule has 122 valence electrons. The Bertz CT molecular complexity index is 333. The van der Waals surface area contributed by atoms with Crippen LogP contribution in [-0.4, -0.2) is 73.9 Å². The summed E-state index contributed by atoms with van der Waals surface area (Å²) in [6.45, 7) is 11.8. The summed E-state index contributed by atoms with van der Waals surface area (Å²) < 4.78 is 11.1. The van der Waals surface area contributed by atoms with Gasteiger partial charge in [0.2, 0.25) is 0 Å². The normalized spacial score (nSPS) is 25.1. The fourth-order valence-electron chi connectivity index (χ4n) is 2.75. The fourth-order valence-corrected chi connectivity index (χ4v) is 2.75. The lowest BCUT2D eigenvalue weighted by molar-refractivity contribution is -0.146. The molecule has 1 aliphatic carbocycles. The van der Waals surface area contributed by atoms with E-state index >= 15 is 0 Å². The SMILES string of the molecule is CCOCCN1CCN(C(=O)[C@@H](C)OCC2CC2)C[C@@H]1C. The Morgan fingerprint density at radius 3 is 2.71 bits per heavy atom. The molecule has 1 aliphatic heterocycles. The Labute approximate surface area is 128 Å². The standard InChI is InChI=1S/C16H30N2O3/c1-4-20-10-9-17-7-8-18(11-13(17)2)16(19)14(3)21-12-15-5-6-15/h13-15H,4-12H2,1-3H3/t13-,14+/m0/s1. The second-order valence-electron chi connectivity index (χ2n) is 6.29. The summed E-state index contributed by atoms with van der Waals surface area (Å²) in [6.07, 6.45) is 2.22. The largest absolute Gasteiger partial charge is 0.380 e. The maximum Gasteiger partial charge on any atom is 0.251 e. The summed E-state index contributed by atoms with van der Waals surface area (Å²) in [5.74, 6) is 0.849. The summed E-state index contributed by atoms with van der Waals surface area (Å²) in [6, 6.07) is 0.388. The van der Waals surface area contributed by atoms with Crippen LogP contribution < -0.4 is 0 Å². The van der Waals surface area contributed by atoms with Gasteiger partial charge in [0.05, 0.1) is 13.2 Å². The molecule has 0 aromatic rings. The number of piperazine rings is 1. The second-order valence-corrected chi connectivity index (χ2v) is 6.29. The molecule has 2 fully saturated rings. The minimum absolute atomic E-state index is 0.145. The first-order valence-electron chi connectivity index (χ1n) is 8.34. The number of nitrogens with zero attached hydrogens (tertiary/aromatic N) is 2. The van der Waals surface area contributed by atoms with Crippen LogP contribution in [0.25, 0.3) is 0 Å². The molecule has 1 saturated heterocycles. The molecule has 1 saturated carbocycles. The molecular weight excluding hydrogens is 268 g/mol. The van der Waals surface area contributed by atoms with Crippen molar-refractivity contribution in [2.45, 2.75) is 45.8 Å². The first-order chi connectivity index (χ1) is 10.1. The lowest BCUT2D eigenvalue weighted by atomic mass is 10.1. The van der Waals surface area contributed by atoms with Crippen molar-refractivity contribution in [3.8, 4) is 0 Å². The zero-order valence-corrected chi connectivity index (χ0v) is 13.7. The third-order valence-corrected chi connectivity index (χ3v) is 4.43. The maximum absolute atomic E-state index is 12.4. The minimum atomic E-state index is -0.298. The quantitative estimate of drug-likeness (QED) is 0.635. The molecule has 21 heavy (non-hydrogen) atoms. The second kappa shape index (κ2) is 8.11. The molecule has 0 aromatic carbocycles. The van der Waals surface area contributed by atoms with Crippen molar-refractivity contribution in [3.05, 3.63) is 0 Å². The highest BCUT2D eigenvalue weighted by Crippen LogP contribution is 2.29. The summed E-state index contributed by atoms with van der Waals surface area (Å²) >= 11 is 0. The van der Waals surface area contributed by atoms with Gasteiger partial charge in [-0.3, -0.25) is 9.69 Å². The van der Waals surface area contributed by atoms with Gasteiger partial charge in [-0.05, 0) is 39.5 Å². The number of carbonyl (C=O) groups is 1. The van der Waals surface area contributed by atoms with Crippen molar-refractivity contribution < 1.29 is 14.3 Å². The maximum atomic E-state index is 12.4. The van der Waals surface area contributed by atoms with Crippen molar-refractivity contribution in [2.75, 3.05) is 46.0 Å². The fraction of sp³-hybridized carbons (Fsp3) is 0.938. The van der Waals surface area contributed by atoms with E-state index in [4.69, 9.17) is 9.47 Å². The summed E-state index contributed by atoms with van der Waals surface area (Å²) in [7, 11) is 0. The predicted octanol–water partition coefficient (Wildman–Crippen LogP) is 1.37. The van der Waals surface area contributed by atoms with Crippen LogP contribution in [0.4, 0.5) is 0 Å². The van der Waals surface area contributed by atoms with E-state index in [1.54, 1.807) is 0 Å². The van der Waals surface area contributed by atoms with Gasteiger partial charge in [-0.2, -0.15) is 0 Å². The Balaban J connectivity index is 1.70. The molecule has 0 spiro atoms. The van der Waals surface area contributed by atoms with Crippen LogP contribution in [-0.2, 0) is 14.3 Å². The third-order valence-electron chi connectivity index (χ3n) is 4.43. The van der Waals surface area contributed by atoms with E-state index in [9.17, 15) is 4.79 Å².